The van der Waals surface area contributed by atoms with E-state index >= 15 is 0 Å². The molecule has 0 saturated carbocycles. The molecule has 0 aromatic heterocycles. The summed E-state index contributed by atoms with van der Waals surface area (Å²) in [5, 5.41) is 0. The highest BCUT2D eigenvalue weighted by Crippen LogP contribution is 2.29. The summed E-state index contributed by atoms with van der Waals surface area (Å²) in [7, 11) is 0. The third kappa shape index (κ3) is 4.61. The topological polar surface area (TPSA) is 65.0 Å². The molecule has 0 spiro atoms. The molecule has 0 saturated heterocycles. The van der Waals surface area contributed by atoms with E-state index in [-0.39, 0.29) is 13.2 Å². The van der Waals surface area contributed by atoms with Gasteiger partial charge in [0.05, 0.1) is 0 Å². The van der Waals surface area contributed by atoms with E-state index in [0.717, 1.165) is 23.3 Å². The third-order valence-corrected chi connectivity index (χ3v) is 4.56. The zero-order valence-electron chi connectivity index (χ0n) is 15.4. The largest absolute Gasteiger partial charge is 0.459 e. The van der Waals surface area contributed by atoms with E-state index in [1.807, 2.05) is 67.6 Å². The van der Waals surface area contributed by atoms with E-state index in [9.17, 15) is 9.59 Å². The van der Waals surface area contributed by atoms with Crippen molar-refractivity contribution in [3.63, 3.8) is 0 Å². The van der Waals surface area contributed by atoms with E-state index in [2.05, 4.69) is 4.99 Å². The minimum absolute atomic E-state index is 0.0992. The summed E-state index contributed by atoms with van der Waals surface area (Å²) in [5.41, 5.74) is 0.867. The molecule has 0 radical (unpaired) electrons. The van der Waals surface area contributed by atoms with Crippen LogP contribution in [-0.2, 0) is 32.3 Å². The number of esters is 2. The molecule has 1 aliphatic rings. The van der Waals surface area contributed by atoms with Crippen molar-refractivity contribution >= 4 is 17.7 Å². The predicted octanol–water partition coefficient (Wildman–Crippen LogP) is 3.86. The number of aliphatic imine (C=N–C) groups is 1. The molecule has 0 N–H and O–H groups in total. The Morgan fingerprint density at radius 1 is 0.889 bits per heavy atom. The number of carbonyl (C=O) groups is 2. The Labute approximate surface area is 159 Å². The Morgan fingerprint density at radius 2 is 1.37 bits per heavy atom. The monoisotopic (exact) mass is 365 g/mol. The maximum atomic E-state index is 12.9. The Bertz CT molecular complexity index is 759. The number of hydrogen-bond donors (Lipinski definition) is 0. The van der Waals surface area contributed by atoms with Crippen molar-refractivity contribution < 1.29 is 19.1 Å². The van der Waals surface area contributed by atoms with Crippen molar-refractivity contribution in [2.45, 2.75) is 44.9 Å². The van der Waals surface area contributed by atoms with Gasteiger partial charge in [-0.3, -0.25) is 4.99 Å². The summed E-state index contributed by atoms with van der Waals surface area (Å²) < 4.78 is 10.9. The highest BCUT2D eigenvalue weighted by Gasteiger charge is 2.50. The zero-order chi connectivity index (χ0) is 19.1. The summed E-state index contributed by atoms with van der Waals surface area (Å²) in [6, 6.07) is 18.7. The first kappa shape index (κ1) is 18.8. The van der Waals surface area contributed by atoms with E-state index in [1.165, 1.54) is 0 Å². The van der Waals surface area contributed by atoms with Gasteiger partial charge in [-0.15, -0.1) is 0 Å². The summed E-state index contributed by atoms with van der Waals surface area (Å²) in [4.78, 5) is 30.1. The molecule has 0 amide bonds. The van der Waals surface area contributed by atoms with Gasteiger partial charge < -0.3 is 9.47 Å². The molecule has 1 aliphatic heterocycles. The van der Waals surface area contributed by atoms with Gasteiger partial charge in [0.2, 0.25) is 0 Å². The molecule has 0 unspecified atom stereocenters. The van der Waals surface area contributed by atoms with Crippen LogP contribution in [-0.4, -0.2) is 23.2 Å². The molecule has 5 heteroatoms. The number of hydrogen-bond acceptors (Lipinski definition) is 5. The fourth-order valence-electron chi connectivity index (χ4n) is 3.10. The van der Waals surface area contributed by atoms with Gasteiger partial charge in [-0.05, 0) is 37.3 Å². The molecule has 27 heavy (non-hydrogen) atoms. The molecule has 2 aromatic carbocycles. The molecule has 1 heterocycles. The Morgan fingerprint density at radius 3 is 1.81 bits per heavy atom. The SMILES string of the molecule is CC1=NC(C(=O)OCc2ccccc2)(C(=O)OCc2ccccc2)CCC1. The molecule has 3 rings (SSSR count). The van der Waals surface area contributed by atoms with Crippen molar-refractivity contribution in [1.82, 2.24) is 0 Å². The number of benzene rings is 2. The van der Waals surface area contributed by atoms with Crippen LogP contribution in [0.1, 0.15) is 37.3 Å². The molecule has 140 valence electrons. The van der Waals surface area contributed by atoms with Crippen LogP contribution in [0.25, 0.3) is 0 Å². The highest BCUT2D eigenvalue weighted by molar-refractivity contribution is 6.07. The molecular weight excluding hydrogens is 342 g/mol. The van der Waals surface area contributed by atoms with Crippen LogP contribution in [0, 0.1) is 0 Å². The van der Waals surface area contributed by atoms with Gasteiger partial charge in [-0.25, -0.2) is 9.59 Å². The smallest absolute Gasteiger partial charge is 0.346 e. The van der Waals surface area contributed by atoms with Crippen molar-refractivity contribution in [2.75, 3.05) is 0 Å². The summed E-state index contributed by atoms with van der Waals surface area (Å²) in [6.45, 7) is 2.02. The standard InChI is InChI=1S/C22H23NO4/c1-17-9-8-14-22(23-17,20(24)26-15-18-10-4-2-5-11-18)21(25)27-16-19-12-6-3-7-13-19/h2-7,10-13H,8-9,14-16H2,1H3. The predicted molar refractivity (Wildman–Crippen MR) is 102 cm³/mol. The normalized spacial score (nSPS) is 15.5. The van der Waals surface area contributed by atoms with Gasteiger partial charge in [-0.1, -0.05) is 60.7 Å². The molecular formula is C22H23NO4. The number of nitrogens with zero attached hydrogens (tertiary/aromatic N) is 1. The van der Waals surface area contributed by atoms with Crippen LogP contribution in [0.2, 0.25) is 0 Å². The molecule has 0 atom stereocenters. The van der Waals surface area contributed by atoms with Gasteiger partial charge in [-0.2, -0.15) is 0 Å². The van der Waals surface area contributed by atoms with Crippen molar-refractivity contribution in [2.24, 2.45) is 4.99 Å². The summed E-state index contributed by atoms with van der Waals surface area (Å²) in [5.74, 6) is -1.30. The number of ether oxygens (including phenoxy) is 2. The van der Waals surface area contributed by atoms with Crippen LogP contribution in [0.15, 0.2) is 65.7 Å². The van der Waals surface area contributed by atoms with E-state index in [0.29, 0.717) is 12.8 Å². The first-order chi connectivity index (χ1) is 13.1. The Hall–Kier alpha value is -2.95. The minimum Gasteiger partial charge on any atom is -0.459 e. The Balaban J connectivity index is 1.74. The molecule has 0 aliphatic carbocycles. The molecule has 2 aromatic rings. The van der Waals surface area contributed by atoms with Gasteiger partial charge in [0, 0.05) is 5.71 Å². The highest BCUT2D eigenvalue weighted by atomic mass is 16.6. The second-order valence-electron chi connectivity index (χ2n) is 6.68. The summed E-state index contributed by atoms with van der Waals surface area (Å²) >= 11 is 0. The number of rotatable bonds is 6. The first-order valence-corrected chi connectivity index (χ1v) is 9.08. The van der Waals surface area contributed by atoms with Crippen LogP contribution >= 0.6 is 0 Å². The van der Waals surface area contributed by atoms with E-state index < -0.39 is 17.5 Å². The second kappa shape index (κ2) is 8.62. The average molecular weight is 365 g/mol. The number of carbonyl (C=O) groups excluding carboxylic acids is 2. The van der Waals surface area contributed by atoms with Gasteiger partial charge >= 0.3 is 11.9 Å². The Kier molecular flexibility index (Phi) is 6.01. The molecule has 5 nitrogen and oxygen atoms in total. The molecule has 0 bridgehead atoms. The van der Waals surface area contributed by atoms with Crippen molar-refractivity contribution in [3.05, 3.63) is 71.8 Å². The van der Waals surface area contributed by atoms with Crippen molar-refractivity contribution in [1.29, 1.82) is 0 Å². The van der Waals surface area contributed by atoms with Crippen LogP contribution in [0.4, 0.5) is 0 Å². The quantitative estimate of drug-likeness (QED) is 0.576. The lowest BCUT2D eigenvalue weighted by molar-refractivity contribution is -0.166. The lowest BCUT2D eigenvalue weighted by Crippen LogP contribution is -2.49. The second-order valence-corrected chi connectivity index (χ2v) is 6.68. The maximum Gasteiger partial charge on any atom is 0.346 e. The lowest BCUT2D eigenvalue weighted by Gasteiger charge is -2.29. The maximum absolute atomic E-state index is 12.9. The van der Waals surface area contributed by atoms with E-state index in [4.69, 9.17) is 9.47 Å². The van der Waals surface area contributed by atoms with Crippen LogP contribution in [0.5, 0.6) is 0 Å². The third-order valence-electron chi connectivity index (χ3n) is 4.56. The first-order valence-electron chi connectivity index (χ1n) is 9.08. The average Bonchev–Trinajstić information content (AvgIpc) is 2.71. The van der Waals surface area contributed by atoms with Gasteiger partial charge in [0.15, 0.2) is 0 Å². The lowest BCUT2D eigenvalue weighted by atomic mass is 9.89. The zero-order valence-corrected chi connectivity index (χ0v) is 15.4. The minimum atomic E-state index is -1.61. The fraction of sp³-hybridized carbons (Fsp3) is 0.318. The van der Waals surface area contributed by atoms with E-state index in [1.54, 1.807) is 0 Å². The van der Waals surface area contributed by atoms with Crippen molar-refractivity contribution in [3.8, 4) is 0 Å². The molecule has 0 fully saturated rings. The van der Waals surface area contributed by atoms with Crippen LogP contribution < -0.4 is 0 Å². The van der Waals surface area contributed by atoms with Crippen LogP contribution in [0.3, 0.4) is 0 Å². The van der Waals surface area contributed by atoms with Gasteiger partial charge in [0.25, 0.3) is 5.54 Å². The van der Waals surface area contributed by atoms with Gasteiger partial charge in [0.1, 0.15) is 13.2 Å². The summed E-state index contributed by atoms with van der Waals surface area (Å²) in [6.07, 6.45) is 1.75. The fourth-order valence-corrected chi connectivity index (χ4v) is 3.10.